The number of nitrogens with two attached hydrogens (primary N) is 1. The van der Waals surface area contributed by atoms with E-state index in [2.05, 4.69) is 15.4 Å². The number of thiophene rings is 1. The Labute approximate surface area is 170 Å². The number of carbonyl (C=O) groups is 1. The molecule has 0 saturated carbocycles. The Morgan fingerprint density at radius 2 is 2.07 bits per heavy atom. The van der Waals surface area contributed by atoms with Crippen LogP contribution in [0.3, 0.4) is 0 Å². The molecule has 1 aromatic carbocycles. The molecule has 0 atom stereocenters. The van der Waals surface area contributed by atoms with Gasteiger partial charge in [0.15, 0.2) is 0 Å². The number of anilines is 1. The molecule has 0 aliphatic carbocycles. The van der Waals surface area contributed by atoms with Crippen LogP contribution in [0, 0.1) is 5.82 Å². The van der Waals surface area contributed by atoms with Crippen LogP contribution in [-0.2, 0) is 13.6 Å². The number of amides is 1. The van der Waals surface area contributed by atoms with E-state index < -0.39 is 11.7 Å². The molecule has 0 aliphatic rings. The number of aromatic nitrogens is 3. The summed E-state index contributed by atoms with van der Waals surface area (Å²) >= 11 is 1.54. The second-order valence-corrected chi connectivity index (χ2v) is 7.35. The van der Waals surface area contributed by atoms with Gasteiger partial charge in [-0.3, -0.25) is 9.48 Å². The Kier molecular flexibility index (Phi) is 5.09. The maximum Gasteiger partial charge on any atom is 0.254 e. The monoisotopic (exact) mass is 407 g/mol. The van der Waals surface area contributed by atoms with E-state index >= 15 is 0 Å². The van der Waals surface area contributed by atoms with E-state index in [0.29, 0.717) is 17.7 Å². The van der Waals surface area contributed by atoms with Gasteiger partial charge in [0.25, 0.3) is 5.91 Å². The number of hydrogen-bond donors (Lipinski definition) is 2. The number of pyridine rings is 1. The van der Waals surface area contributed by atoms with Crippen LogP contribution in [0.4, 0.5) is 10.2 Å². The summed E-state index contributed by atoms with van der Waals surface area (Å²) in [6, 6.07) is 8.19. The molecule has 0 radical (unpaired) electrons. The Morgan fingerprint density at radius 3 is 2.76 bits per heavy atom. The number of rotatable bonds is 5. The number of nitrogen functional groups attached to an aromatic ring is 1. The van der Waals surface area contributed by atoms with Crippen LogP contribution in [0.2, 0.25) is 0 Å². The van der Waals surface area contributed by atoms with Crippen molar-refractivity contribution in [3.63, 3.8) is 0 Å². The van der Waals surface area contributed by atoms with Gasteiger partial charge in [0, 0.05) is 42.7 Å². The zero-order valence-electron chi connectivity index (χ0n) is 15.6. The lowest BCUT2D eigenvalue weighted by atomic mass is 10.0. The van der Waals surface area contributed by atoms with Crippen molar-refractivity contribution < 1.29 is 9.18 Å². The number of halogens is 1. The molecule has 0 bridgehead atoms. The minimum absolute atomic E-state index is 0.0149. The van der Waals surface area contributed by atoms with Crippen molar-refractivity contribution in [1.29, 1.82) is 0 Å². The molecular weight excluding hydrogens is 389 g/mol. The van der Waals surface area contributed by atoms with Gasteiger partial charge >= 0.3 is 0 Å². The van der Waals surface area contributed by atoms with E-state index in [0.717, 1.165) is 16.7 Å². The maximum absolute atomic E-state index is 14.7. The average Bonchev–Trinajstić information content (AvgIpc) is 3.38. The number of benzene rings is 1. The molecule has 3 N–H and O–H groups in total. The lowest BCUT2D eigenvalue weighted by Crippen LogP contribution is -2.23. The van der Waals surface area contributed by atoms with Crippen LogP contribution in [0.15, 0.2) is 59.7 Å². The fourth-order valence-corrected chi connectivity index (χ4v) is 3.64. The maximum atomic E-state index is 14.7. The second-order valence-electron chi connectivity index (χ2n) is 6.57. The van der Waals surface area contributed by atoms with E-state index in [9.17, 15) is 9.18 Å². The summed E-state index contributed by atoms with van der Waals surface area (Å²) in [6.07, 6.45) is 5.23. The van der Waals surface area contributed by atoms with Gasteiger partial charge in [0.2, 0.25) is 0 Å². The number of nitrogens with one attached hydrogen (secondary N) is 1. The largest absolute Gasteiger partial charge is 0.383 e. The van der Waals surface area contributed by atoms with Gasteiger partial charge in [-0.1, -0.05) is 6.07 Å². The lowest BCUT2D eigenvalue weighted by molar-refractivity contribution is 0.0947. The molecule has 0 saturated heterocycles. The van der Waals surface area contributed by atoms with Crippen LogP contribution in [0.5, 0.6) is 0 Å². The van der Waals surface area contributed by atoms with Crippen LogP contribution >= 0.6 is 11.3 Å². The molecule has 4 aromatic rings. The molecule has 29 heavy (non-hydrogen) atoms. The third kappa shape index (κ3) is 4.02. The van der Waals surface area contributed by atoms with Gasteiger partial charge in [0.1, 0.15) is 11.6 Å². The summed E-state index contributed by atoms with van der Waals surface area (Å²) in [5, 5.41) is 10.7. The van der Waals surface area contributed by atoms with Gasteiger partial charge in [0.05, 0.1) is 11.8 Å². The molecule has 1 amide bonds. The highest BCUT2D eigenvalue weighted by molar-refractivity contribution is 7.07. The highest BCUT2D eigenvalue weighted by atomic mass is 32.1. The van der Waals surface area contributed by atoms with E-state index in [4.69, 9.17) is 5.73 Å². The minimum atomic E-state index is -0.614. The Bertz CT molecular complexity index is 1170. The molecule has 3 heterocycles. The summed E-state index contributed by atoms with van der Waals surface area (Å²) < 4.78 is 16.4. The first-order valence-corrected chi connectivity index (χ1v) is 9.79. The number of hydrogen-bond acceptors (Lipinski definition) is 5. The first kappa shape index (κ1) is 18.8. The predicted octanol–water partition coefficient (Wildman–Crippen LogP) is 3.86. The molecule has 0 unspecified atom stereocenters. The average molecular weight is 407 g/mol. The van der Waals surface area contributed by atoms with E-state index in [1.807, 2.05) is 36.1 Å². The molecule has 0 fully saturated rings. The van der Waals surface area contributed by atoms with Gasteiger partial charge in [-0.05, 0) is 46.2 Å². The Hall–Kier alpha value is -3.52. The van der Waals surface area contributed by atoms with Crippen LogP contribution in [0.25, 0.3) is 22.3 Å². The van der Waals surface area contributed by atoms with Crippen molar-refractivity contribution in [3.8, 4) is 22.3 Å². The zero-order chi connectivity index (χ0) is 20.4. The minimum Gasteiger partial charge on any atom is -0.383 e. The summed E-state index contributed by atoms with van der Waals surface area (Å²) in [5.74, 6) is -0.793. The van der Waals surface area contributed by atoms with Crippen molar-refractivity contribution in [2.75, 3.05) is 5.73 Å². The topological polar surface area (TPSA) is 85.8 Å². The fraction of sp³-hybridized carbons (Fsp3) is 0.0952. The summed E-state index contributed by atoms with van der Waals surface area (Å²) in [7, 11) is 1.83. The highest BCUT2D eigenvalue weighted by Crippen LogP contribution is 2.30. The van der Waals surface area contributed by atoms with Crippen molar-refractivity contribution in [2.45, 2.75) is 6.54 Å². The van der Waals surface area contributed by atoms with Gasteiger partial charge in [-0.25, -0.2) is 9.37 Å². The number of nitrogens with zero attached hydrogens (tertiary/aromatic N) is 3. The zero-order valence-corrected chi connectivity index (χ0v) is 16.4. The third-order valence-corrected chi connectivity index (χ3v) is 5.25. The summed E-state index contributed by atoms with van der Waals surface area (Å²) in [5.41, 5.74) is 9.83. The van der Waals surface area contributed by atoms with Gasteiger partial charge in [-0.2, -0.15) is 16.4 Å². The quantitative estimate of drug-likeness (QED) is 0.526. The molecule has 4 rings (SSSR count). The third-order valence-electron chi connectivity index (χ3n) is 4.51. The lowest BCUT2D eigenvalue weighted by Gasteiger charge is -2.10. The van der Waals surface area contributed by atoms with E-state index in [1.165, 1.54) is 12.1 Å². The normalized spacial score (nSPS) is 10.8. The van der Waals surface area contributed by atoms with Crippen LogP contribution < -0.4 is 11.1 Å². The highest BCUT2D eigenvalue weighted by Gasteiger charge is 2.15. The first-order chi connectivity index (χ1) is 14.0. The van der Waals surface area contributed by atoms with Crippen molar-refractivity contribution in [1.82, 2.24) is 20.1 Å². The van der Waals surface area contributed by atoms with Crippen molar-refractivity contribution in [2.24, 2.45) is 7.05 Å². The van der Waals surface area contributed by atoms with Crippen molar-refractivity contribution >= 4 is 23.1 Å². The van der Waals surface area contributed by atoms with Crippen LogP contribution in [-0.4, -0.2) is 20.7 Å². The molecule has 3 aromatic heterocycles. The molecular formula is C21H18FN5OS. The van der Waals surface area contributed by atoms with Gasteiger partial charge < -0.3 is 11.1 Å². The predicted molar refractivity (Wildman–Crippen MR) is 112 cm³/mol. The Morgan fingerprint density at radius 1 is 1.21 bits per heavy atom. The smallest absolute Gasteiger partial charge is 0.254 e. The molecule has 6 nitrogen and oxygen atoms in total. The second kappa shape index (κ2) is 7.84. The molecule has 146 valence electrons. The summed E-state index contributed by atoms with van der Waals surface area (Å²) in [4.78, 5) is 16.5. The first-order valence-electron chi connectivity index (χ1n) is 8.85. The Balaban J connectivity index is 1.59. The molecule has 0 aliphatic heterocycles. The molecule has 8 heteroatoms. The standard InChI is InChI=1S/C21H18FN5OS/c1-27-11-16(10-26-27)15-6-18(20(23)24-9-15)14-2-3-17(19(22)7-14)21(28)25-8-13-4-5-29-12-13/h2-7,9-12H,8H2,1H3,(H2,23,24)(H,25,28). The SMILES string of the molecule is Cn1cc(-c2cnc(N)c(-c3ccc(C(=O)NCc4ccsc4)c(F)c3)c2)cn1. The number of aryl methyl sites for hydroxylation is 1. The van der Waals surface area contributed by atoms with Crippen LogP contribution in [0.1, 0.15) is 15.9 Å². The fourth-order valence-electron chi connectivity index (χ4n) is 2.97. The van der Waals surface area contributed by atoms with E-state index in [-0.39, 0.29) is 11.4 Å². The van der Waals surface area contributed by atoms with Crippen molar-refractivity contribution in [3.05, 3.63) is 76.6 Å². The number of carbonyl (C=O) groups excluding carboxylic acids is 1. The van der Waals surface area contributed by atoms with Gasteiger partial charge in [-0.15, -0.1) is 0 Å². The van der Waals surface area contributed by atoms with E-state index in [1.54, 1.807) is 34.5 Å². The molecule has 0 spiro atoms. The summed E-state index contributed by atoms with van der Waals surface area (Å²) in [6.45, 7) is 0.355.